The van der Waals surface area contributed by atoms with E-state index in [0.29, 0.717) is 0 Å². The summed E-state index contributed by atoms with van der Waals surface area (Å²) < 4.78 is 0. The monoisotopic (exact) mass is 448 g/mol. The van der Waals surface area contributed by atoms with E-state index in [2.05, 4.69) is 26.6 Å². The lowest BCUT2D eigenvalue weighted by atomic mass is 10.4. The van der Waals surface area contributed by atoms with E-state index in [1.54, 1.807) is 0 Å². The molecule has 14 heteroatoms. The fourth-order valence-electron chi connectivity index (χ4n) is 2.11. The van der Waals surface area contributed by atoms with Crippen LogP contribution in [0.3, 0.4) is 0 Å². The summed E-state index contributed by atoms with van der Waals surface area (Å²) in [6.07, 6.45) is -0.241. The number of amides is 7. The van der Waals surface area contributed by atoms with Gasteiger partial charge in [-0.1, -0.05) is 0 Å². The van der Waals surface area contributed by atoms with E-state index in [0.717, 1.165) is 4.90 Å². The summed E-state index contributed by atoms with van der Waals surface area (Å²) in [5.41, 5.74) is 0. The first kappa shape index (κ1) is 28.0. The van der Waals surface area contributed by atoms with Gasteiger partial charge in [0.25, 0.3) is 0 Å². The lowest BCUT2D eigenvalue weighted by molar-refractivity contribution is -0.122. The zero-order valence-corrected chi connectivity index (χ0v) is 17.3. The van der Waals surface area contributed by atoms with E-state index < -0.39 is 18.0 Å². The Morgan fingerprint density at radius 2 is 0.839 bits per heavy atom. The number of nitrogens with zero attached hydrogens (tertiary/aromatic N) is 1. The van der Waals surface area contributed by atoms with Crippen LogP contribution in [0.2, 0.25) is 0 Å². The van der Waals surface area contributed by atoms with E-state index in [1.807, 2.05) is 0 Å². The first-order chi connectivity index (χ1) is 14.8. The van der Waals surface area contributed by atoms with Gasteiger partial charge in [0.2, 0.25) is 17.7 Å². The summed E-state index contributed by atoms with van der Waals surface area (Å²) in [5.74, 6) is -1.22. The molecule has 31 heavy (non-hydrogen) atoms. The average molecular weight is 448 g/mol. The Hall–Kier alpha value is -2.97. The summed E-state index contributed by atoms with van der Waals surface area (Å²) in [7, 11) is 0. The summed E-state index contributed by atoms with van der Waals surface area (Å²) in [5, 5.41) is 38.3. The van der Waals surface area contributed by atoms with Gasteiger partial charge in [0, 0.05) is 58.5 Å². The standard InChI is InChI=1S/C17H32N6O8/c24-10-1-13(27)18-4-6-21-16(30)23(9-8-20-15(29)3-12-26)17(31)22-7-5-19-14(28)2-11-25/h24-26H,1-12H2,(H,18,27)(H,19,28)(H,20,29)(H,21,30)(H,22,31). The largest absolute Gasteiger partial charge is 0.396 e. The molecule has 0 aromatic heterocycles. The highest BCUT2D eigenvalue weighted by molar-refractivity contribution is 5.93. The van der Waals surface area contributed by atoms with Crippen LogP contribution in [0.4, 0.5) is 9.59 Å². The second kappa shape index (κ2) is 17.9. The van der Waals surface area contributed by atoms with Crippen LogP contribution in [0.1, 0.15) is 19.3 Å². The van der Waals surface area contributed by atoms with E-state index >= 15 is 0 Å². The first-order valence-electron chi connectivity index (χ1n) is 9.81. The number of hydrogen-bond donors (Lipinski definition) is 8. The van der Waals surface area contributed by atoms with Gasteiger partial charge in [-0.25, -0.2) is 14.5 Å². The molecule has 178 valence electrons. The minimum absolute atomic E-state index is 0.0217. The van der Waals surface area contributed by atoms with Crippen molar-refractivity contribution in [2.24, 2.45) is 0 Å². The average Bonchev–Trinajstić information content (AvgIpc) is 2.72. The van der Waals surface area contributed by atoms with Crippen LogP contribution < -0.4 is 26.6 Å². The van der Waals surface area contributed by atoms with Crippen LogP contribution in [0.25, 0.3) is 0 Å². The van der Waals surface area contributed by atoms with Gasteiger partial charge in [-0.2, -0.15) is 0 Å². The molecule has 0 aliphatic heterocycles. The van der Waals surface area contributed by atoms with Crippen molar-refractivity contribution in [2.45, 2.75) is 19.3 Å². The molecular weight excluding hydrogens is 416 g/mol. The Kier molecular flexibility index (Phi) is 16.1. The minimum Gasteiger partial charge on any atom is -0.396 e. The van der Waals surface area contributed by atoms with Crippen molar-refractivity contribution in [3.8, 4) is 0 Å². The Morgan fingerprint density at radius 1 is 0.516 bits per heavy atom. The van der Waals surface area contributed by atoms with Crippen molar-refractivity contribution in [1.82, 2.24) is 31.5 Å². The minimum atomic E-state index is -0.769. The van der Waals surface area contributed by atoms with Gasteiger partial charge < -0.3 is 41.9 Å². The second-order valence-corrected chi connectivity index (χ2v) is 6.09. The number of rotatable bonds is 15. The third-order valence-electron chi connectivity index (χ3n) is 3.61. The Labute approximate surface area is 179 Å². The molecule has 0 saturated carbocycles. The Bertz CT molecular complexity index is 551. The SMILES string of the molecule is O=C(CCO)NCCNC(=O)N(CCNC(=O)CCO)C(=O)NCCNC(=O)CCO. The molecule has 0 bridgehead atoms. The number of carbonyl (C=O) groups excluding carboxylic acids is 5. The highest BCUT2D eigenvalue weighted by Crippen LogP contribution is 1.92. The highest BCUT2D eigenvalue weighted by atomic mass is 16.3. The van der Waals surface area contributed by atoms with Crippen LogP contribution in [0, 0.1) is 0 Å². The maximum absolute atomic E-state index is 12.3. The van der Waals surface area contributed by atoms with Crippen LogP contribution in [0.15, 0.2) is 0 Å². The number of aliphatic hydroxyl groups excluding tert-OH is 3. The van der Waals surface area contributed by atoms with Crippen molar-refractivity contribution in [1.29, 1.82) is 0 Å². The van der Waals surface area contributed by atoms with E-state index in [-0.39, 0.29) is 90.2 Å². The maximum Gasteiger partial charge on any atom is 0.325 e. The van der Waals surface area contributed by atoms with Gasteiger partial charge in [0.15, 0.2) is 0 Å². The van der Waals surface area contributed by atoms with E-state index in [9.17, 15) is 24.0 Å². The number of nitrogens with one attached hydrogen (secondary N) is 5. The maximum atomic E-state index is 12.3. The van der Waals surface area contributed by atoms with Crippen molar-refractivity contribution in [2.75, 3.05) is 59.1 Å². The number of imide groups is 1. The normalized spacial score (nSPS) is 10.0. The predicted molar refractivity (Wildman–Crippen MR) is 108 cm³/mol. The molecule has 0 atom stereocenters. The molecule has 0 aromatic rings. The topological polar surface area (TPSA) is 209 Å². The van der Waals surface area contributed by atoms with Gasteiger partial charge in [0.1, 0.15) is 0 Å². The summed E-state index contributed by atoms with van der Waals surface area (Å²) >= 11 is 0. The van der Waals surface area contributed by atoms with Gasteiger partial charge in [-0.3, -0.25) is 14.4 Å². The van der Waals surface area contributed by atoms with Crippen LogP contribution >= 0.6 is 0 Å². The smallest absolute Gasteiger partial charge is 0.325 e. The van der Waals surface area contributed by atoms with Gasteiger partial charge in [-0.05, 0) is 0 Å². The molecule has 14 nitrogen and oxygen atoms in total. The van der Waals surface area contributed by atoms with Crippen molar-refractivity contribution in [3.05, 3.63) is 0 Å². The lowest BCUT2D eigenvalue weighted by Gasteiger charge is -2.22. The van der Waals surface area contributed by atoms with Crippen LogP contribution in [-0.4, -0.2) is 109 Å². The highest BCUT2D eigenvalue weighted by Gasteiger charge is 2.21. The number of urea groups is 2. The van der Waals surface area contributed by atoms with Crippen molar-refractivity contribution in [3.63, 3.8) is 0 Å². The van der Waals surface area contributed by atoms with Gasteiger partial charge in [-0.15, -0.1) is 0 Å². The fourth-order valence-corrected chi connectivity index (χ4v) is 2.11. The van der Waals surface area contributed by atoms with Gasteiger partial charge in [0.05, 0.1) is 19.8 Å². The summed E-state index contributed by atoms with van der Waals surface area (Å²) in [6.45, 7) is -0.914. The summed E-state index contributed by atoms with van der Waals surface area (Å²) in [4.78, 5) is 59.4. The third kappa shape index (κ3) is 14.6. The molecule has 7 amide bonds. The number of aliphatic hydroxyl groups is 3. The molecule has 0 saturated heterocycles. The molecule has 0 radical (unpaired) electrons. The quantitative estimate of drug-likeness (QED) is 0.116. The molecule has 0 aliphatic carbocycles. The van der Waals surface area contributed by atoms with Crippen LogP contribution in [-0.2, 0) is 14.4 Å². The zero-order chi connectivity index (χ0) is 23.5. The molecule has 8 N–H and O–H groups in total. The fraction of sp³-hybridized carbons (Fsp3) is 0.706. The lowest BCUT2D eigenvalue weighted by Crippen LogP contribution is -2.52. The molecule has 0 aliphatic rings. The zero-order valence-electron chi connectivity index (χ0n) is 17.3. The molecule has 0 spiro atoms. The van der Waals surface area contributed by atoms with Crippen LogP contribution in [0.5, 0.6) is 0 Å². The van der Waals surface area contributed by atoms with Crippen molar-refractivity contribution >= 4 is 29.8 Å². The number of hydrogen-bond acceptors (Lipinski definition) is 8. The Morgan fingerprint density at radius 3 is 1.19 bits per heavy atom. The predicted octanol–water partition coefficient (Wildman–Crippen LogP) is -3.80. The molecule has 0 aromatic carbocycles. The first-order valence-corrected chi connectivity index (χ1v) is 9.81. The summed E-state index contributed by atoms with van der Waals surface area (Å²) in [6, 6.07) is -1.54. The second-order valence-electron chi connectivity index (χ2n) is 6.09. The van der Waals surface area contributed by atoms with E-state index in [1.165, 1.54) is 0 Å². The molecule has 0 rings (SSSR count). The number of carbonyl (C=O) groups is 5. The molecule has 0 unspecified atom stereocenters. The van der Waals surface area contributed by atoms with E-state index in [4.69, 9.17) is 15.3 Å². The van der Waals surface area contributed by atoms with Gasteiger partial charge >= 0.3 is 12.1 Å². The molecule has 0 heterocycles. The molecular formula is C17H32N6O8. The third-order valence-corrected chi connectivity index (χ3v) is 3.61. The Balaban J connectivity index is 4.58. The van der Waals surface area contributed by atoms with Crippen molar-refractivity contribution < 1.29 is 39.3 Å². The molecule has 0 fully saturated rings.